The standard InChI is InChI=1S/C17H31NO/c1-16(2,3)14(12-15(19)17(4,5)6)18-13-10-8-7-9-11-13/h12-13,18H,7-11H2,1-6H3. The summed E-state index contributed by atoms with van der Waals surface area (Å²) in [6.07, 6.45) is 8.28. The summed E-state index contributed by atoms with van der Waals surface area (Å²) in [5.74, 6) is 0.209. The van der Waals surface area contributed by atoms with Crippen molar-refractivity contribution in [1.82, 2.24) is 5.32 Å². The van der Waals surface area contributed by atoms with Gasteiger partial charge in [0.05, 0.1) is 0 Å². The molecule has 0 aromatic carbocycles. The number of rotatable bonds is 3. The zero-order chi connectivity index (χ0) is 14.7. The van der Waals surface area contributed by atoms with Crippen LogP contribution in [-0.2, 0) is 4.79 Å². The van der Waals surface area contributed by atoms with Gasteiger partial charge in [0.2, 0.25) is 0 Å². The van der Waals surface area contributed by atoms with Crippen molar-refractivity contribution in [3.63, 3.8) is 0 Å². The molecule has 0 bridgehead atoms. The minimum Gasteiger partial charge on any atom is -0.385 e. The van der Waals surface area contributed by atoms with Crippen LogP contribution in [0.25, 0.3) is 0 Å². The van der Waals surface area contributed by atoms with Crippen LogP contribution in [0.2, 0.25) is 0 Å². The molecule has 0 aromatic heterocycles. The Hall–Kier alpha value is -0.790. The van der Waals surface area contributed by atoms with E-state index < -0.39 is 0 Å². The van der Waals surface area contributed by atoms with Crippen LogP contribution in [0.15, 0.2) is 11.8 Å². The summed E-state index contributed by atoms with van der Waals surface area (Å²) in [6, 6.07) is 0.548. The maximum atomic E-state index is 12.2. The third-order valence-electron chi connectivity index (χ3n) is 3.79. The smallest absolute Gasteiger partial charge is 0.162 e. The van der Waals surface area contributed by atoms with Gasteiger partial charge in [-0.15, -0.1) is 0 Å². The van der Waals surface area contributed by atoms with Crippen LogP contribution in [0, 0.1) is 10.8 Å². The molecule has 0 heterocycles. The summed E-state index contributed by atoms with van der Waals surface area (Å²) in [5.41, 5.74) is 0.794. The van der Waals surface area contributed by atoms with Gasteiger partial charge in [-0.25, -0.2) is 0 Å². The Morgan fingerprint density at radius 1 is 0.947 bits per heavy atom. The van der Waals surface area contributed by atoms with Gasteiger partial charge < -0.3 is 5.32 Å². The van der Waals surface area contributed by atoms with Crippen molar-refractivity contribution >= 4 is 5.78 Å². The first-order chi connectivity index (χ1) is 8.60. The first kappa shape index (κ1) is 16.3. The molecule has 2 heteroatoms. The molecular formula is C17H31NO. The second kappa shape index (κ2) is 6.11. The molecule has 1 aliphatic carbocycles. The van der Waals surface area contributed by atoms with Gasteiger partial charge in [-0.2, -0.15) is 0 Å². The van der Waals surface area contributed by atoms with Crippen molar-refractivity contribution < 1.29 is 4.79 Å². The molecule has 0 atom stereocenters. The Morgan fingerprint density at radius 2 is 1.47 bits per heavy atom. The summed E-state index contributed by atoms with van der Waals surface area (Å²) in [4.78, 5) is 12.2. The number of hydrogen-bond donors (Lipinski definition) is 1. The van der Waals surface area contributed by atoms with Crippen LogP contribution in [0.5, 0.6) is 0 Å². The van der Waals surface area contributed by atoms with Crippen molar-refractivity contribution in [3.05, 3.63) is 11.8 Å². The Balaban J connectivity index is 2.83. The van der Waals surface area contributed by atoms with E-state index in [2.05, 4.69) is 26.1 Å². The van der Waals surface area contributed by atoms with E-state index in [4.69, 9.17) is 0 Å². The van der Waals surface area contributed by atoms with Gasteiger partial charge in [-0.05, 0) is 12.8 Å². The minimum absolute atomic E-state index is 0.00163. The molecule has 1 aliphatic rings. The van der Waals surface area contributed by atoms with E-state index in [9.17, 15) is 4.79 Å². The van der Waals surface area contributed by atoms with Crippen LogP contribution in [-0.4, -0.2) is 11.8 Å². The van der Waals surface area contributed by atoms with Gasteiger partial charge in [0.25, 0.3) is 0 Å². The van der Waals surface area contributed by atoms with Crippen LogP contribution in [0.3, 0.4) is 0 Å². The van der Waals surface area contributed by atoms with Gasteiger partial charge in [0.15, 0.2) is 5.78 Å². The molecule has 110 valence electrons. The minimum atomic E-state index is -0.301. The molecule has 2 nitrogen and oxygen atoms in total. The van der Waals surface area contributed by atoms with Gasteiger partial charge >= 0.3 is 0 Å². The van der Waals surface area contributed by atoms with Crippen LogP contribution < -0.4 is 5.32 Å². The summed E-state index contributed by atoms with van der Waals surface area (Å²) in [7, 11) is 0. The highest BCUT2D eigenvalue weighted by atomic mass is 16.1. The monoisotopic (exact) mass is 265 g/mol. The SMILES string of the molecule is CC(C)(C)C(=O)C=C(NC1CCCCC1)C(C)(C)C. The average molecular weight is 265 g/mol. The molecule has 0 aliphatic heterocycles. The molecule has 1 N–H and O–H groups in total. The van der Waals surface area contributed by atoms with E-state index in [0.29, 0.717) is 6.04 Å². The maximum absolute atomic E-state index is 12.2. The van der Waals surface area contributed by atoms with Gasteiger partial charge in [0.1, 0.15) is 0 Å². The first-order valence-electron chi connectivity index (χ1n) is 7.64. The lowest BCUT2D eigenvalue weighted by Gasteiger charge is -2.32. The Morgan fingerprint density at radius 3 is 1.89 bits per heavy atom. The second-order valence-electron chi connectivity index (χ2n) is 7.90. The molecule has 0 amide bonds. The fourth-order valence-corrected chi connectivity index (χ4v) is 2.29. The largest absolute Gasteiger partial charge is 0.385 e. The summed E-state index contributed by atoms with van der Waals surface area (Å²) in [5, 5.41) is 3.64. The van der Waals surface area contributed by atoms with Gasteiger partial charge in [-0.1, -0.05) is 60.8 Å². The van der Waals surface area contributed by atoms with Crippen molar-refractivity contribution in [2.24, 2.45) is 10.8 Å². The van der Waals surface area contributed by atoms with Crippen LogP contribution in [0.4, 0.5) is 0 Å². The highest BCUT2D eigenvalue weighted by Gasteiger charge is 2.26. The van der Waals surface area contributed by atoms with Crippen molar-refractivity contribution in [2.75, 3.05) is 0 Å². The van der Waals surface area contributed by atoms with E-state index in [1.54, 1.807) is 0 Å². The number of carbonyl (C=O) groups excluding carboxylic acids is 1. The molecule has 19 heavy (non-hydrogen) atoms. The Bertz CT molecular complexity index is 335. The Kier molecular flexibility index (Phi) is 5.23. The zero-order valence-electron chi connectivity index (χ0n) is 13.6. The van der Waals surface area contributed by atoms with Crippen molar-refractivity contribution in [3.8, 4) is 0 Å². The number of nitrogens with one attached hydrogen (secondary N) is 1. The number of carbonyl (C=O) groups is 1. The Labute approximate surface area is 119 Å². The fourth-order valence-electron chi connectivity index (χ4n) is 2.29. The molecular weight excluding hydrogens is 234 g/mol. The van der Waals surface area contributed by atoms with Crippen LogP contribution >= 0.6 is 0 Å². The average Bonchev–Trinajstić information content (AvgIpc) is 2.27. The fraction of sp³-hybridized carbons (Fsp3) is 0.824. The van der Waals surface area contributed by atoms with Crippen LogP contribution in [0.1, 0.15) is 73.6 Å². The molecule has 1 fully saturated rings. The van der Waals surface area contributed by atoms with E-state index in [-0.39, 0.29) is 16.6 Å². The number of hydrogen-bond acceptors (Lipinski definition) is 2. The zero-order valence-corrected chi connectivity index (χ0v) is 13.6. The first-order valence-corrected chi connectivity index (χ1v) is 7.64. The number of ketones is 1. The molecule has 0 aromatic rings. The summed E-state index contributed by atoms with van der Waals surface area (Å²) in [6.45, 7) is 12.5. The highest BCUT2D eigenvalue weighted by molar-refractivity contribution is 5.94. The normalized spacial score (nSPS) is 19.4. The molecule has 0 saturated heterocycles. The quantitative estimate of drug-likeness (QED) is 0.764. The number of allylic oxidation sites excluding steroid dienone is 2. The van der Waals surface area contributed by atoms with Gasteiger partial charge in [-0.3, -0.25) is 4.79 Å². The molecule has 0 unspecified atom stereocenters. The predicted octanol–water partition coefficient (Wildman–Crippen LogP) is 4.45. The maximum Gasteiger partial charge on any atom is 0.162 e. The third kappa shape index (κ3) is 5.38. The van der Waals surface area contributed by atoms with E-state index in [0.717, 1.165) is 5.70 Å². The lowest BCUT2D eigenvalue weighted by atomic mass is 9.84. The summed E-state index contributed by atoms with van der Waals surface area (Å²) < 4.78 is 0. The third-order valence-corrected chi connectivity index (χ3v) is 3.79. The topological polar surface area (TPSA) is 29.1 Å². The lowest BCUT2D eigenvalue weighted by Crippen LogP contribution is -2.36. The van der Waals surface area contributed by atoms with Gasteiger partial charge in [0, 0.05) is 28.6 Å². The summed E-state index contributed by atoms with van der Waals surface area (Å²) >= 11 is 0. The molecule has 1 rings (SSSR count). The molecule has 0 spiro atoms. The highest BCUT2D eigenvalue weighted by Crippen LogP contribution is 2.28. The van der Waals surface area contributed by atoms with Crippen molar-refractivity contribution in [1.29, 1.82) is 0 Å². The predicted molar refractivity (Wildman–Crippen MR) is 82.0 cm³/mol. The van der Waals surface area contributed by atoms with E-state index >= 15 is 0 Å². The second-order valence-corrected chi connectivity index (χ2v) is 7.90. The lowest BCUT2D eigenvalue weighted by molar-refractivity contribution is -0.121. The molecule has 1 saturated carbocycles. The van der Waals surface area contributed by atoms with E-state index in [1.807, 2.05) is 26.8 Å². The van der Waals surface area contributed by atoms with E-state index in [1.165, 1.54) is 32.1 Å². The van der Waals surface area contributed by atoms with Crippen molar-refractivity contribution in [2.45, 2.75) is 79.7 Å². The molecule has 0 radical (unpaired) electrons.